The van der Waals surface area contributed by atoms with Gasteiger partial charge in [0.15, 0.2) is 0 Å². The van der Waals surface area contributed by atoms with Crippen molar-refractivity contribution in [3.8, 4) is 0 Å². The summed E-state index contributed by atoms with van der Waals surface area (Å²) in [6.07, 6.45) is 1.23. The van der Waals surface area contributed by atoms with E-state index in [-0.39, 0.29) is 18.3 Å². The zero-order chi connectivity index (χ0) is 19.6. The Morgan fingerprint density at radius 2 is 1.85 bits per heavy atom. The zero-order valence-electron chi connectivity index (χ0n) is 15.4. The van der Waals surface area contributed by atoms with Crippen molar-refractivity contribution in [2.75, 3.05) is 18.4 Å². The van der Waals surface area contributed by atoms with E-state index >= 15 is 0 Å². The van der Waals surface area contributed by atoms with E-state index < -0.39 is 15.9 Å². The third-order valence-electron chi connectivity index (χ3n) is 4.83. The summed E-state index contributed by atoms with van der Waals surface area (Å²) in [4.78, 5) is 12.8. The van der Waals surface area contributed by atoms with Gasteiger partial charge in [0.1, 0.15) is 5.82 Å². The summed E-state index contributed by atoms with van der Waals surface area (Å²) >= 11 is 0. The van der Waals surface area contributed by atoms with E-state index in [0.29, 0.717) is 35.5 Å². The molecule has 0 aromatic heterocycles. The molecule has 5 nitrogen and oxygen atoms in total. The molecule has 1 fully saturated rings. The average molecular weight is 390 g/mol. The van der Waals surface area contributed by atoms with E-state index in [1.54, 1.807) is 19.1 Å². The first kappa shape index (κ1) is 19.5. The molecule has 2 aromatic rings. The van der Waals surface area contributed by atoms with Crippen LogP contribution in [-0.2, 0) is 14.8 Å². The van der Waals surface area contributed by atoms with Gasteiger partial charge in [-0.05, 0) is 68.1 Å². The number of nitrogens with zero attached hydrogens (tertiary/aromatic N) is 1. The van der Waals surface area contributed by atoms with Gasteiger partial charge in [-0.25, -0.2) is 12.8 Å². The van der Waals surface area contributed by atoms with Crippen LogP contribution in [0.4, 0.5) is 10.1 Å². The van der Waals surface area contributed by atoms with Crippen molar-refractivity contribution < 1.29 is 17.6 Å². The Balaban J connectivity index is 1.76. The SMILES string of the molecule is Cc1ccc(C)c(S(=O)(=O)N2CCC[C@@H](C(=O)Nc3ccc(F)cc3)C2)c1. The van der Waals surface area contributed by atoms with Crippen LogP contribution in [0.5, 0.6) is 0 Å². The van der Waals surface area contributed by atoms with E-state index in [9.17, 15) is 17.6 Å². The van der Waals surface area contributed by atoms with Gasteiger partial charge in [0.25, 0.3) is 0 Å². The molecule has 1 N–H and O–H groups in total. The number of rotatable bonds is 4. The molecule has 3 rings (SSSR count). The molecule has 1 heterocycles. The monoisotopic (exact) mass is 390 g/mol. The maximum atomic E-state index is 13.1. The molecule has 1 amide bonds. The van der Waals surface area contributed by atoms with E-state index in [1.807, 2.05) is 13.0 Å². The first-order valence-corrected chi connectivity index (χ1v) is 10.4. The van der Waals surface area contributed by atoms with Gasteiger partial charge in [-0.3, -0.25) is 4.79 Å². The van der Waals surface area contributed by atoms with Crippen molar-refractivity contribution in [2.45, 2.75) is 31.6 Å². The van der Waals surface area contributed by atoms with Crippen molar-refractivity contribution in [3.63, 3.8) is 0 Å². The summed E-state index contributed by atoms with van der Waals surface area (Å²) in [5, 5.41) is 2.74. The Bertz CT molecular complexity index is 942. The second kappa shape index (κ2) is 7.78. The predicted molar refractivity (Wildman–Crippen MR) is 102 cm³/mol. The Kier molecular flexibility index (Phi) is 5.62. The van der Waals surface area contributed by atoms with Gasteiger partial charge in [-0.15, -0.1) is 0 Å². The number of hydrogen-bond acceptors (Lipinski definition) is 3. The van der Waals surface area contributed by atoms with Gasteiger partial charge >= 0.3 is 0 Å². The lowest BCUT2D eigenvalue weighted by Crippen LogP contribution is -2.43. The highest BCUT2D eigenvalue weighted by Gasteiger charge is 2.34. The van der Waals surface area contributed by atoms with Crippen LogP contribution in [-0.4, -0.2) is 31.7 Å². The highest BCUT2D eigenvalue weighted by atomic mass is 32.2. The van der Waals surface area contributed by atoms with Crippen molar-refractivity contribution in [3.05, 3.63) is 59.4 Å². The Hall–Kier alpha value is -2.25. The van der Waals surface area contributed by atoms with Crippen molar-refractivity contribution in [1.82, 2.24) is 4.31 Å². The highest BCUT2D eigenvalue weighted by Crippen LogP contribution is 2.27. The topological polar surface area (TPSA) is 66.5 Å². The van der Waals surface area contributed by atoms with Crippen LogP contribution in [0.1, 0.15) is 24.0 Å². The lowest BCUT2D eigenvalue weighted by molar-refractivity contribution is -0.120. The van der Waals surface area contributed by atoms with Crippen LogP contribution in [0.2, 0.25) is 0 Å². The molecule has 1 aliphatic rings. The average Bonchev–Trinajstić information content (AvgIpc) is 2.65. The fourth-order valence-corrected chi connectivity index (χ4v) is 5.11. The van der Waals surface area contributed by atoms with Gasteiger partial charge in [0, 0.05) is 18.8 Å². The second-order valence-electron chi connectivity index (χ2n) is 6.97. The largest absolute Gasteiger partial charge is 0.326 e. The minimum atomic E-state index is -3.66. The zero-order valence-corrected chi connectivity index (χ0v) is 16.2. The van der Waals surface area contributed by atoms with Crippen LogP contribution in [0.25, 0.3) is 0 Å². The minimum absolute atomic E-state index is 0.142. The number of halogens is 1. The molecule has 1 aliphatic heterocycles. The number of anilines is 1. The lowest BCUT2D eigenvalue weighted by atomic mass is 9.99. The number of hydrogen-bond donors (Lipinski definition) is 1. The fourth-order valence-electron chi connectivity index (χ4n) is 3.28. The molecule has 0 unspecified atom stereocenters. The lowest BCUT2D eigenvalue weighted by Gasteiger charge is -2.31. The molecule has 0 bridgehead atoms. The van der Waals surface area contributed by atoms with E-state index in [0.717, 1.165) is 5.56 Å². The van der Waals surface area contributed by atoms with E-state index in [1.165, 1.54) is 28.6 Å². The Morgan fingerprint density at radius 1 is 1.15 bits per heavy atom. The molecule has 7 heteroatoms. The van der Waals surface area contributed by atoms with E-state index in [2.05, 4.69) is 5.32 Å². The van der Waals surface area contributed by atoms with Gasteiger partial charge in [0.2, 0.25) is 15.9 Å². The molecular weight excluding hydrogens is 367 g/mol. The third-order valence-corrected chi connectivity index (χ3v) is 6.84. The smallest absolute Gasteiger partial charge is 0.243 e. The quantitative estimate of drug-likeness (QED) is 0.869. The van der Waals surface area contributed by atoms with Crippen LogP contribution >= 0.6 is 0 Å². The molecule has 0 spiro atoms. The number of piperidine rings is 1. The number of sulfonamides is 1. The maximum Gasteiger partial charge on any atom is 0.243 e. The highest BCUT2D eigenvalue weighted by molar-refractivity contribution is 7.89. The Morgan fingerprint density at radius 3 is 2.56 bits per heavy atom. The summed E-state index contributed by atoms with van der Waals surface area (Å²) < 4.78 is 40.5. The number of amides is 1. The summed E-state index contributed by atoms with van der Waals surface area (Å²) in [6.45, 7) is 4.17. The molecule has 0 aliphatic carbocycles. The number of nitrogens with one attached hydrogen (secondary N) is 1. The van der Waals surface area contributed by atoms with Gasteiger partial charge in [0.05, 0.1) is 10.8 Å². The maximum absolute atomic E-state index is 13.1. The second-order valence-corrected chi connectivity index (χ2v) is 8.87. The number of carbonyl (C=O) groups is 1. The summed E-state index contributed by atoms with van der Waals surface area (Å²) in [7, 11) is -3.66. The molecule has 0 radical (unpaired) electrons. The van der Waals surface area contributed by atoms with Crippen LogP contribution in [0.3, 0.4) is 0 Å². The molecular formula is C20H23FN2O3S. The van der Waals surface area contributed by atoms with Gasteiger partial charge < -0.3 is 5.32 Å². The summed E-state index contributed by atoms with van der Waals surface area (Å²) in [6, 6.07) is 10.9. The Labute approximate surface area is 159 Å². The van der Waals surface area contributed by atoms with Crippen molar-refractivity contribution in [1.29, 1.82) is 0 Å². The molecule has 1 saturated heterocycles. The van der Waals surface area contributed by atoms with E-state index in [4.69, 9.17) is 0 Å². The number of aryl methyl sites for hydroxylation is 2. The van der Waals surface area contributed by atoms with Gasteiger partial charge in [-0.1, -0.05) is 12.1 Å². The molecule has 2 aromatic carbocycles. The first-order chi connectivity index (χ1) is 12.8. The number of benzene rings is 2. The molecule has 144 valence electrons. The molecule has 1 atom stereocenters. The predicted octanol–water partition coefficient (Wildman–Crippen LogP) is 3.48. The summed E-state index contributed by atoms with van der Waals surface area (Å²) in [5.74, 6) is -1.07. The van der Waals surface area contributed by atoms with Gasteiger partial charge in [-0.2, -0.15) is 4.31 Å². The first-order valence-electron chi connectivity index (χ1n) is 8.91. The molecule has 0 saturated carbocycles. The third kappa shape index (κ3) is 4.36. The normalized spacial score (nSPS) is 18.3. The van der Waals surface area contributed by atoms with Crippen LogP contribution in [0.15, 0.2) is 47.4 Å². The van der Waals surface area contributed by atoms with Crippen molar-refractivity contribution >= 4 is 21.6 Å². The fraction of sp³-hybridized carbons (Fsp3) is 0.350. The molecule has 27 heavy (non-hydrogen) atoms. The minimum Gasteiger partial charge on any atom is -0.326 e. The van der Waals surface area contributed by atoms with Crippen LogP contribution < -0.4 is 5.32 Å². The number of carbonyl (C=O) groups excluding carboxylic acids is 1. The standard InChI is InChI=1S/C20H23FN2O3S/c1-14-5-6-15(2)19(12-14)27(25,26)23-11-3-4-16(13-23)20(24)22-18-9-7-17(21)8-10-18/h5-10,12,16H,3-4,11,13H2,1-2H3,(H,22,24)/t16-/m1/s1. The van der Waals surface area contributed by atoms with Crippen LogP contribution in [0, 0.1) is 25.6 Å². The summed E-state index contributed by atoms with van der Waals surface area (Å²) in [5.41, 5.74) is 2.07. The van der Waals surface area contributed by atoms with Crippen molar-refractivity contribution in [2.24, 2.45) is 5.92 Å².